The molecule has 0 saturated carbocycles. The maximum atomic E-state index is 12.4. The SMILES string of the molecule is CCN(CC)C(=O)N1CCC([C@@H](O)C(F)(F)F)CC1. The van der Waals surface area contributed by atoms with Crippen molar-refractivity contribution in [2.24, 2.45) is 5.92 Å². The van der Waals surface area contributed by atoms with Gasteiger partial charge in [0.15, 0.2) is 6.10 Å². The fourth-order valence-electron chi connectivity index (χ4n) is 2.37. The number of amides is 2. The van der Waals surface area contributed by atoms with Crippen molar-refractivity contribution >= 4 is 6.03 Å². The summed E-state index contributed by atoms with van der Waals surface area (Å²) in [6, 6.07) is -0.134. The Morgan fingerprint density at radius 3 is 2.16 bits per heavy atom. The van der Waals surface area contributed by atoms with Crippen LogP contribution in [-0.2, 0) is 0 Å². The normalized spacial score (nSPS) is 19.4. The number of piperidine rings is 1. The van der Waals surface area contributed by atoms with Gasteiger partial charge >= 0.3 is 12.2 Å². The van der Waals surface area contributed by atoms with E-state index in [-0.39, 0.29) is 32.0 Å². The Morgan fingerprint density at radius 2 is 1.79 bits per heavy atom. The molecule has 1 fully saturated rings. The number of urea groups is 1. The summed E-state index contributed by atoms with van der Waals surface area (Å²) in [5.41, 5.74) is 0. The van der Waals surface area contributed by atoms with Crippen molar-refractivity contribution < 1.29 is 23.1 Å². The van der Waals surface area contributed by atoms with E-state index in [4.69, 9.17) is 0 Å². The molecule has 0 radical (unpaired) electrons. The molecule has 7 heteroatoms. The molecule has 4 nitrogen and oxygen atoms in total. The highest BCUT2D eigenvalue weighted by molar-refractivity contribution is 5.74. The molecular weight excluding hydrogens is 261 g/mol. The van der Waals surface area contributed by atoms with Gasteiger partial charge in [-0.2, -0.15) is 13.2 Å². The van der Waals surface area contributed by atoms with E-state index in [2.05, 4.69) is 0 Å². The first-order chi connectivity index (χ1) is 8.81. The van der Waals surface area contributed by atoms with E-state index in [0.29, 0.717) is 13.1 Å². The van der Waals surface area contributed by atoms with Crippen molar-refractivity contribution in [3.8, 4) is 0 Å². The third-order valence-electron chi connectivity index (χ3n) is 3.63. The number of carbonyl (C=O) groups is 1. The standard InChI is InChI=1S/C12H21F3N2O2/c1-3-16(4-2)11(19)17-7-5-9(6-8-17)10(18)12(13,14)15/h9-10,18H,3-8H2,1-2H3/t10-/m1/s1. The maximum Gasteiger partial charge on any atom is 0.414 e. The molecule has 1 atom stereocenters. The van der Waals surface area contributed by atoms with Crippen molar-refractivity contribution in [1.82, 2.24) is 9.80 Å². The third-order valence-corrected chi connectivity index (χ3v) is 3.63. The van der Waals surface area contributed by atoms with E-state index in [9.17, 15) is 23.1 Å². The van der Waals surface area contributed by atoms with Crippen LogP contribution in [0, 0.1) is 5.92 Å². The minimum Gasteiger partial charge on any atom is -0.383 e. The van der Waals surface area contributed by atoms with Gasteiger partial charge in [-0.3, -0.25) is 0 Å². The molecule has 1 aliphatic heterocycles. The van der Waals surface area contributed by atoms with Crippen LogP contribution in [0.15, 0.2) is 0 Å². The van der Waals surface area contributed by atoms with Gasteiger partial charge in [-0.1, -0.05) is 0 Å². The lowest BCUT2D eigenvalue weighted by molar-refractivity contribution is -0.222. The highest BCUT2D eigenvalue weighted by Gasteiger charge is 2.44. The average molecular weight is 282 g/mol. The Kier molecular flexibility index (Phi) is 5.46. The highest BCUT2D eigenvalue weighted by Crippen LogP contribution is 2.31. The predicted octanol–water partition coefficient (Wildman–Crippen LogP) is 2.08. The van der Waals surface area contributed by atoms with E-state index in [0.717, 1.165) is 0 Å². The number of likely N-dealkylation sites (tertiary alicyclic amines) is 1. The largest absolute Gasteiger partial charge is 0.414 e. The van der Waals surface area contributed by atoms with Gasteiger partial charge in [-0.15, -0.1) is 0 Å². The fourth-order valence-corrected chi connectivity index (χ4v) is 2.37. The summed E-state index contributed by atoms with van der Waals surface area (Å²) in [7, 11) is 0. The van der Waals surface area contributed by atoms with Gasteiger partial charge in [0.05, 0.1) is 0 Å². The molecule has 1 saturated heterocycles. The number of rotatable bonds is 3. The van der Waals surface area contributed by atoms with E-state index in [1.54, 1.807) is 9.80 Å². The van der Waals surface area contributed by atoms with E-state index < -0.39 is 18.2 Å². The van der Waals surface area contributed by atoms with Gasteiger partial charge in [-0.25, -0.2) is 4.79 Å². The molecule has 0 aromatic rings. The Balaban J connectivity index is 2.51. The third kappa shape index (κ3) is 3.99. The van der Waals surface area contributed by atoms with Gasteiger partial charge in [0, 0.05) is 26.2 Å². The number of nitrogens with zero attached hydrogens (tertiary/aromatic N) is 2. The first-order valence-electron chi connectivity index (χ1n) is 6.59. The quantitative estimate of drug-likeness (QED) is 0.861. The number of aliphatic hydroxyl groups is 1. The summed E-state index contributed by atoms with van der Waals surface area (Å²) in [5.74, 6) is -0.805. The Morgan fingerprint density at radius 1 is 1.32 bits per heavy atom. The van der Waals surface area contributed by atoms with Crippen LogP contribution in [0.1, 0.15) is 26.7 Å². The zero-order valence-electron chi connectivity index (χ0n) is 11.3. The Labute approximate surface area is 111 Å². The number of carbonyl (C=O) groups excluding carboxylic acids is 1. The second kappa shape index (κ2) is 6.45. The molecule has 0 unspecified atom stereocenters. The summed E-state index contributed by atoms with van der Waals surface area (Å²) in [5, 5.41) is 9.20. The van der Waals surface area contributed by atoms with Crippen LogP contribution < -0.4 is 0 Å². The minimum absolute atomic E-state index is 0.134. The van der Waals surface area contributed by atoms with Crippen molar-refractivity contribution in [2.75, 3.05) is 26.2 Å². The summed E-state index contributed by atoms with van der Waals surface area (Å²) < 4.78 is 37.2. The van der Waals surface area contributed by atoms with E-state index in [1.165, 1.54) is 0 Å². The Bertz CT molecular complexity index is 298. The summed E-state index contributed by atoms with van der Waals surface area (Å²) in [6.45, 7) is 5.43. The topological polar surface area (TPSA) is 43.8 Å². The van der Waals surface area contributed by atoms with Crippen molar-refractivity contribution in [3.05, 3.63) is 0 Å². The van der Waals surface area contributed by atoms with Gasteiger partial charge < -0.3 is 14.9 Å². The molecule has 0 bridgehead atoms. The van der Waals surface area contributed by atoms with E-state index >= 15 is 0 Å². The van der Waals surface area contributed by atoms with Crippen molar-refractivity contribution in [3.63, 3.8) is 0 Å². The molecule has 1 rings (SSSR count). The van der Waals surface area contributed by atoms with Gasteiger partial charge in [0.1, 0.15) is 0 Å². The molecule has 1 N–H and O–H groups in total. The Hall–Kier alpha value is -0.980. The zero-order valence-corrected chi connectivity index (χ0v) is 11.3. The number of alkyl halides is 3. The fraction of sp³-hybridized carbons (Fsp3) is 0.917. The van der Waals surface area contributed by atoms with Crippen molar-refractivity contribution in [2.45, 2.75) is 39.0 Å². The van der Waals surface area contributed by atoms with Crippen LogP contribution in [-0.4, -0.2) is 59.4 Å². The monoisotopic (exact) mass is 282 g/mol. The average Bonchev–Trinajstić information content (AvgIpc) is 2.38. The summed E-state index contributed by atoms with van der Waals surface area (Å²) in [4.78, 5) is 15.2. The lowest BCUT2D eigenvalue weighted by Crippen LogP contribution is -2.49. The highest BCUT2D eigenvalue weighted by atomic mass is 19.4. The minimum atomic E-state index is -4.57. The van der Waals surface area contributed by atoms with Crippen LogP contribution in [0.4, 0.5) is 18.0 Å². The van der Waals surface area contributed by atoms with E-state index in [1.807, 2.05) is 13.8 Å². The van der Waals surface area contributed by atoms with Gasteiger partial charge in [-0.05, 0) is 32.6 Å². The van der Waals surface area contributed by atoms with Gasteiger partial charge in [0.2, 0.25) is 0 Å². The van der Waals surface area contributed by atoms with Crippen LogP contribution in [0.5, 0.6) is 0 Å². The molecule has 112 valence electrons. The lowest BCUT2D eigenvalue weighted by atomic mass is 9.91. The molecule has 0 aromatic heterocycles. The number of hydrogen-bond donors (Lipinski definition) is 1. The molecule has 0 spiro atoms. The molecule has 0 aromatic carbocycles. The molecular formula is C12H21F3N2O2. The smallest absolute Gasteiger partial charge is 0.383 e. The summed E-state index contributed by atoms with van der Waals surface area (Å²) >= 11 is 0. The zero-order chi connectivity index (χ0) is 14.6. The molecule has 1 heterocycles. The lowest BCUT2D eigenvalue weighted by Gasteiger charge is -2.37. The van der Waals surface area contributed by atoms with Crippen LogP contribution in [0.2, 0.25) is 0 Å². The van der Waals surface area contributed by atoms with Crippen LogP contribution in [0.25, 0.3) is 0 Å². The number of aliphatic hydroxyl groups excluding tert-OH is 1. The predicted molar refractivity (Wildman–Crippen MR) is 64.7 cm³/mol. The number of hydrogen-bond acceptors (Lipinski definition) is 2. The number of halogens is 3. The molecule has 0 aliphatic carbocycles. The molecule has 2 amide bonds. The second-order valence-electron chi connectivity index (χ2n) is 4.77. The molecule has 19 heavy (non-hydrogen) atoms. The second-order valence-corrected chi connectivity index (χ2v) is 4.77. The maximum absolute atomic E-state index is 12.4. The van der Waals surface area contributed by atoms with Crippen molar-refractivity contribution in [1.29, 1.82) is 0 Å². The van der Waals surface area contributed by atoms with Crippen LogP contribution in [0.3, 0.4) is 0 Å². The van der Waals surface area contributed by atoms with Gasteiger partial charge in [0.25, 0.3) is 0 Å². The first-order valence-corrected chi connectivity index (χ1v) is 6.59. The van der Waals surface area contributed by atoms with Crippen LogP contribution >= 0.6 is 0 Å². The molecule has 1 aliphatic rings. The first kappa shape index (κ1) is 16.1. The summed E-state index contributed by atoms with van der Waals surface area (Å²) in [6.07, 6.45) is -6.48.